The van der Waals surface area contributed by atoms with Crippen molar-refractivity contribution in [1.29, 1.82) is 0 Å². The van der Waals surface area contributed by atoms with Crippen LogP contribution in [0.5, 0.6) is 0 Å². The van der Waals surface area contributed by atoms with E-state index in [0.29, 0.717) is 19.0 Å². The Bertz CT molecular complexity index is 714. The summed E-state index contributed by atoms with van der Waals surface area (Å²) in [5.74, 6) is 0.506. The van der Waals surface area contributed by atoms with Gasteiger partial charge in [0, 0.05) is 18.8 Å². The van der Waals surface area contributed by atoms with E-state index in [1.807, 2.05) is 0 Å². The van der Waals surface area contributed by atoms with Gasteiger partial charge in [-0.15, -0.1) is 5.10 Å². The highest BCUT2D eigenvalue weighted by molar-refractivity contribution is 6.29. The highest BCUT2D eigenvalue weighted by Gasteiger charge is 2.24. The van der Waals surface area contributed by atoms with Gasteiger partial charge in [-0.2, -0.15) is 0 Å². The minimum absolute atomic E-state index is 0.212. The Morgan fingerprint density at radius 2 is 2.05 bits per heavy atom. The van der Waals surface area contributed by atoms with Crippen molar-refractivity contribution in [2.24, 2.45) is 5.92 Å². The summed E-state index contributed by atoms with van der Waals surface area (Å²) in [7, 11) is 0. The second-order valence-electron chi connectivity index (χ2n) is 4.96. The third-order valence-corrected chi connectivity index (χ3v) is 3.70. The van der Waals surface area contributed by atoms with Crippen LogP contribution in [0, 0.1) is 5.92 Å². The van der Waals surface area contributed by atoms with Crippen LogP contribution < -0.4 is 11.2 Å². The standard InChI is InChI=1S/C12H14ClN5O2/c13-10-7-11(19)17(6-5-16-4-3-14-15-16)12(20)18(10)8-9-1-2-9/h3-4,7,9H,1-2,5-6,8H2. The molecule has 7 nitrogen and oxygen atoms in total. The zero-order valence-corrected chi connectivity index (χ0v) is 11.5. The van der Waals surface area contributed by atoms with Crippen molar-refractivity contribution >= 4 is 11.6 Å². The van der Waals surface area contributed by atoms with E-state index in [0.717, 1.165) is 12.8 Å². The third-order valence-electron chi connectivity index (χ3n) is 3.39. The topological polar surface area (TPSA) is 74.7 Å². The van der Waals surface area contributed by atoms with Crippen molar-refractivity contribution in [3.05, 3.63) is 44.5 Å². The van der Waals surface area contributed by atoms with Crippen molar-refractivity contribution in [2.75, 3.05) is 0 Å². The first kappa shape index (κ1) is 13.1. The van der Waals surface area contributed by atoms with Crippen LogP contribution in [0.15, 0.2) is 28.0 Å². The number of aryl methyl sites for hydroxylation is 1. The predicted molar refractivity (Wildman–Crippen MR) is 72.7 cm³/mol. The van der Waals surface area contributed by atoms with Gasteiger partial charge in [-0.25, -0.2) is 4.79 Å². The molecule has 106 valence electrons. The van der Waals surface area contributed by atoms with Gasteiger partial charge in [0.2, 0.25) is 0 Å². The Morgan fingerprint density at radius 1 is 1.25 bits per heavy atom. The smallest absolute Gasteiger partial charge is 0.283 e. The zero-order chi connectivity index (χ0) is 14.1. The van der Waals surface area contributed by atoms with Gasteiger partial charge >= 0.3 is 5.69 Å². The number of hydrogen-bond donors (Lipinski definition) is 0. The Labute approximate surface area is 119 Å². The third kappa shape index (κ3) is 2.67. The maximum Gasteiger partial charge on any atom is 0.332 e. The molecular weight excluding hydrogens is 282 g/mol. The summed E-state index contributed by atoms with van der Waals surface area (Å²) in [6.45, 7) is 1.25. The molecule has 0 amide bonds. The maximum absolute atomic E-state index is 12.3. The highest BCUT2D eigenvalue weighted by Crippen LogP contribution is 2.30. The fourth-order valence-electron chi connectivity index (χ4n) is 2.07. The van der Waals surface area contributed by atoms with Crippen molar-refractivity contribution < 1.29 is 0 Å². The molecule has 0 aromatic carbocycles. The van der Waals surface area contributed by atoms with Gasteiger partial charge in [0.15, 0.2) is 0 Å². The molecule has 0 radical (unpaired) electrons. The lowest BCUT2D eigenvalue weighted by Gasteiger charge is -2.11. The SMILES string of the molecule is O=c1cc(Cl)n(CC2CC2)c(=O)n1CCn1ccnn1. The fraction of sp³-hybridized carbons (Fsp3) is 0.500. The Kier molecular flexibility index (Phi) is 3.43. The molecule has 20 heavy (non-hydrogen) atoms. The molecule has 0 N–H and O–H groups in total. The Morgan fingerprint density at radius 3 is 2.70 bits per heavy atom. The lowest BCUT2D eigenvalue weighted by atomic mass is 10.4. The summed E-state index contributed by atoms with van der Waals surface area (Å²) in [4.78, 5) is 24.2. The summed E-state index contributed by atoms with van der Waals surface area (Å²) in [6.07, 6.45) is 5.46. The maximum atomic E-state index is 12.3. The summed E-state index contributed by atoms with van der Waals surface area (Å²) in [5.41, 5.74) is -0.735. The molecule has 2 aromatic heterocycles. The zero-order valence-electron chi connectivity index (χ0n) is 10.8. The quantitative estimate of drug-likeness (QED) is 0.747. The lowest BCUT2D eigenvalue weighted by molar-refractivity contribution is 0.470. The largest absolute Gasteiger partial charge is 0.332 e. The van der Waals surface area contributed by atoms with Crippen LogP contribution in [0.25, 0.3) is 0 Å². The van der Waals surface area contributed by atoms with Crippen molar-refractivity contribution in [2.45, 2.75) is 32.5 Å². The first-order valence-electron chi connectivity index (χ1n) is 6.49. The minimum Gasteiger partial charge on any atom is -0.283 e. The van der Waals surface area contributed by atoms with Gasteiger partial charge in [0.1, 0.15) is 5.15 Å². The normalized spacial score (nSPS) is 14.7. The van der Waals surface area contributed by atoms with E-state index in [-0.39, 0.29) is 22.9 Å². The van der Waals surface area contributed by atoms with Crippen LogP contribution in [-0.2, 0) is 19.6 Å². The Hall–Kier alpha value is -1.89. The van der Waals surface area contributed by atoms with Gasteiger partial charge in [-0.3, -0.25) is 18.6 Å². The van der Waals surface area contributed by atoms with Gasteiger partial charge < -0.3 is 0 Å². The minimum atomic E-state index is -0.382. The molecule has 0 atom stereocenters. The second kappa shape index (κ2) is 5.24. The highest BCUT2D eigenvalue weighted by atomic mass is 35.5. The predicted octanol–water partition coefficient (Wildman–Crippen LogP) is 0.365. The molecular formula is C12H14ClN5O2. The molecule has 1 aliphatic rings. The number of halogens is 1. The van der Waals surface area contributed by atoms with E-state index in [2.05, 4.69) is 10.3 Å². The molecule has 1 aliphatic carbocycles. The molecule has 0 unspecified atom stereocenters. The lowest BCUT2D eigenvalue weighted by Crippen LogP contribution is -2.40. The number of hydrogen-bond acceptors (Lipinski definition) is 4. The van der Waals surface area contributed by atoms with Gasteiger partial charge in [0.05, 0.1) is 19.3 Å². The van der Waals surface area contributed by atoms with Crippen molar-refractivity contribution in [1.82, 2.24) is 24.1 Å². The van der Waals surface area contributed by atoms with Crippen LogP contribution in [0.1, 0.15) is 12.8 Å². The van der Waals surface area contributed by atoms with Crippen LogP contribution >= 0.6 is 11.6 Å². The first-order chi connectivity index (χ1) is 9.65. The molecule has 2 heterocycles. The molecule has 2 aromatic rings. The van der Waals surface area contributed by atoms with E-state index < -0.39 is 0 Å². The first-order valence-corrected chi connectivity index (χ1v) is 6.87. The monoisotopic (exact) mass is 295 g/mol. The second-order valence-corrected chi connectivity index (χ2v) is 5.35. The van der Waals surface area contributed by atoms with Crippen molar-refractivity contribution in [3.63, 3.8) is 0 Å². The van der Waals surface area contributed by atoms with Crippen LogP contribution in [0.2, 0.25) is 5.15 Å². The molecule has 0 aliphatic heterocycles. The fourth-order valence-corrected chi connectivity index (χ4v) is 2.31. The van der Waals surface area contributed by atoms with Crippen LogP contribution in [0.3, 0.4) is 0 Å². The summed E-state index contributed by atoms with van der Waals surface area (Å²) >= 11 is 6.00. The average Bonchev–Trinajstić information content (AvgIpc) is 3.08. The molecule has 0 saturated heterocycles. The Balaban J connectivity index is 1.88. The van der Waals surface area contributed by atoms with E-state index in [1.54, 1.807) is 17.1 Å². The molecule has 0 bridgehead atoms. The summed E-state index contributed by atoms with van der Waals surface area (Å²) in [5, 5.41) is 7.70. The van der Waals surface area contributed by atoms with E-state index >= 15 is 0 Å². The number of nitrogens with zero attached hydrogens (tertiary/aromatic N) is 5. The molecule has 1 fully saturated rings. The number of aromatic nitrogens is 5. The van der Waals surface area contributed by atoms with Crippen molar-refractivity contribution in [3.8, 4) is 0 Å². The van der Waals surface area contributed by atoms with E-state index in [1.165, 1.54) is 15.2 Å². The van der Waals surface area contributed by atoms with E-state index in [9.17, 15) is 9.59 Å². The summed E-state index contributed by atoms with van der Waals surface area (Å²) < 4.78 is 4.24. The van der Waals surface area contributed by atoms with Gasteiger partial charge in [-0.1, -0.05) is 16.8 Å². The molecule has 0 spiro atoms. The van der Waals surface area contributed by atoms with Gasteiger partial charge in [0.25, 0.3) is 5.56 Å². The molecule has 3 rings (SSSR count). The van der Waals surface area contributed by atoms with Crippen LogP contribution in [-0.4, -0.2) is 24.1 Å². The molecule has 1 saturated carbocycles. The van der Waals surface area contributed by atoms with Gasteiger partial charge in [-0.05, 0) is 18.8 Å². The summed E-state index contributed by atoms with van der Waals surface area (Å²) in [6, 6.07) is 1.30. The average molecular weight is 296 g/mol. The molecule has 8 heteroatoms. The van der Waals surface area contributed by atoms with Crippen LogP contribution in [0.4, 0.5) is 0 Å². The van der Waals surface area contributed by atoms with E-state index in [4.69, 9.17) is 11.6 Å². The number of rotatable bonds is 5.